The van der Waals surface area contributed by atoms with E-state index in [0.29, 0.717) is 164 Å². The van der Waals surface area contributed by atoms with Crippen LogP contribution in [-0.4, -0.2) is 184 Å². The van der Waals surface area contributed by atoms with Crippen LogP contribution in [0.2, 0.25) is 0 Å². The molecule has 0 spiro atoms. The number of hydrogen-bond acceptors (Lipinski definition) is 15. The van der Waals surface area contributed by atoms with Crippen LogP contribution in [0.15, 0.2) is 0 Å². The summed E-state index contributed by atoms with van der Waals surface area (Å²) in [7, 11) is 0. The van der Waals surface area contributed by atoms with Crippen LogP contribution in [0, 0.1) is 0 Å². The van der Waals surface area contributed by atoms with E-state index in [1.54, 1.807) is 0 Å². The second-order valence-electron chi connectivity index (χ2n) is 10.5. The van der Waals surface area contributed by atoms with Gasteiger partial charge in [-0.2, -0.15) is 0 Å². The SMILES string of the molecule is CCCC(=O)OCCOCCOCCOCCOCCOCCOCCOCCOCCOCCOCCOCCOC1CCNCC1. The number of hydrogen-bond donors (Lipinski definition) is 1. The lowest BCUT2D eigenvalue weighted by Crippen LogP contribution is -2.33. The highest BCUT2D eigenvalue weighted by molar-refractivity contribution is 5.69. The third-order valence-electron chi connectivity index (χ3n) is 6.53. The Labute approximate surface area is 288 Å². The van der Waals surface area contributed by atoms with Gasteiger partial charge >= 0.3 is 5.97 Å². The molecule has 0 aromatic rings. The number of rotatable bonds is 39. The fourth-order valence-electron chi connectivity index (χ4n) is 4.03. The Hall–Kier alpha value is -1.05. The molecule has 1 fully saturated rings. The fraction of sp³-hybridized carbons (Fsp3) is 0.970. The Morgan fingerprint density at radius 3 is 1.00 bits per heavy atom. The van der Waals surface area contributed by atoms with Crippen LogP contribution in [0.25, 0.3) is 0 Å². The summed E-state index contributed by atoms with van der Waals surface area (Å²) in [5.74, 6) is -0.188. The van der Waals surface area contributed by atoms with E-state index in [2.05, 4.69) is 5.32 Å². The Bertz CT molecular complexity index is 645. The zero-order valence-corrected chi connectivity index (χ0v) is 29.5. The minimum atomic E-state index is -0.188. The lowest BCUT2D eigenvalue weighted by molar-refractivity contribution is -0.145. The summed E-state index contributed by atoms with van der Waals surface area (Å²) in [6, 6.07) is 0. The molecule has 0 bridgehead atoms. The highest BCUT2D eigenvalue weighted by Gasteiger charge is 2.12. The molecule has 15 heteroatoms. The summed E-state index contributed by atoms with van der Waals surface area (Å²) >= 11 is 0. The Morgan fingerprint density at radius 1 is 0.438 bits per heavy atom. The van der Waals surface area contributed by atoms with E-state index < -0.39 is 0 Å². The van der Waals surface area contributed by atoms with Crippen LogP contribution in [0.3, 0.4) is 0 Å². The number of esters is 1. The van der Waals surface area contributed by atoms with Gasteiger partial charge in [-0.1, -0.05) is 6.92 Å². The number of nitrogens with one attached hydrogen (secondary N) is 1. The average Bonchev–Trinajstić information content (AvgIpc) is 3.10. The van der Waals surface area contributed by atoms with Crippen LogP contribution < -0.4 is 5.32 Å². The van der Waals surface area contributed by atoms with Crippen molar-refractivity contribution in [1.82, 2.24) is 5.32 Å². The Kier molecular flexibility index (Phi) is 36.3. The molecule has 0 aromatic heterocycles. The molecule has 1 heterocycles. The van der Waals surface area contributed by atoms with Gasteiger partial charge in [-0.05, 0) is 32.4 Å². The van der Waals surface area contributed by atoms with Gasteiger partial charge in [-0.15, -0.1) is 0 Å². The molecule has 0 radical (unpaired) electrons. The molecule has 1 saturated heterocycles. The molecule has 0 atom stereocenters. The van der Waals surface area contributed by atoms with E-state index in [-0.39, 0.29) is 12.6 Å². The maximum absolute atomic E-state index is 11.2. The molecule has 1 aliphatic rings. The van der Waals surface area contributed by atoms with Gasteiger partial charge in [0.1, 0.15) is 6.61 Å². The first kappa shape index (κ1) is 45.0. The van der Waals surface area contributed by atoms with Crippen molar-refractivity contribution < 1.29 is 66.4 Å². The molecule has 0 saturated carbocycles. The van der Waals surface area contributed by atoms with Gasteiger partial charge in [0, 0.05) is 6.42 Å². The van der Waals surface area contributed by atoms with Gasteiger partial charge in [0.2, 0.25) is 0 Å². The Balaban J connectivity index is 1.60. The minimum absolute atomic E-state index is 0.188. The van der Waals surface area contributed by atoms with Crippen molar-refractivity contribution in [3.05, 3.63) is 0 Å². The van der Waals surface area contributed by atoms with E-state index in [1.165, 1.54) is 0 Å². The summed E-state index contributed by atoms with van der Waals surface area (Å²) in [4.78, 5) is 11.2. The normalized spacial score (nSPS) is 13.8. The topological polar surface area (TPSA) is 149 Å². The van der Waals surface area contributed by atoms with E-state index in [0.717, 1.165) is 32.4 Å². The minimum Gasteiger partial charge on any atom is -0.463 e. The monoisotopic (exact) mass is 699 g/mol. The summed E-state index contributed by atoms with van der Waals surface area (Å²) in [6.07, 6.45) is 3.75. The first-order valence-corrected chi connectivity index (χ1v) is 17.7. The Morgan fingerprint density at radius 2 is 0.708 bits per heavy atom. The third kappa shape index (κ3) is 34.8. The highest BCUT2D eigenvalue weighted by atomic mass is 16.6. The van der Waals surface area contributed by atoms with Gasteiger partial charge < -0.3 is 66.9 Å². The van der Waals surface area contributed by atoms with Gasteiger partial charge in [-0.25, -0.2) is 0 Å². The molecule has 1 aliphatic heterocycles. The third-order valence-corrected chi connectivity index (χ3v) is 6.53. The molecular formula is C33H65NO14. The van der Waals surface area contributed by atoms with E-state index in [4.69, 9.17) is 61.6 Å². The number of piperidine rings is 1. The van der Waals surface area contributed by atoms with E-state index in [1.807, 2.05) is 6.92 Å². The van der Waals surface area contributed by atoms with Crippen molar-refractivity contribution in [2.45, 2.75) is 38.7 Å². The first-order chi connectivity index (χ1) is 23.8. The molecule has 0 amide bonds. The average molecular weight is 700 g/mol. The van der Waals surface area contributed by atoms with Crippen LogP contribution in [0.1, 0.15) is 32.6 Å². The second kappa shape index (κ2) is 38.7. The summed E-state index contributed by atoms with van der Waals surface area (Å²) in [6.45, 7) is 16.0. The smallest absolute Gasteiger partial charge is 0.305 e. The van der Waals surface area contributed by atoms with Crippen molar-refractivity contribution in [2.75, 3.05) is 172 Å². The van der Waals surface area contributed by atoms with Gasteiger partial charge in [-0.3, -0.25) is 4.79 Å². The first-order valence-electron chi connectivity index (χ1n) is 17.7. The fourth-order valence-corrected chi connectivity index (χ4v) is 4.03. The van der Waals surface area contributed by atoms with Crippen LogP contribution in [0.5, 0.6) is 0 Å². The van der Waals surface area contributed by atoms with Crippen molar-refractivity contribution >= 4 is 5.97 Å². The summed E-state index contributed by atoms with van der Waals surface area (Å²) in [5.41, 5.74) is 0. The number of carbonyl (C=O) groups excluding carboxylic acids is 1. The van der Waals surface area contributed by atoms with Crippen LogP contribution in [0.4, 0.5) is 0 Å². The van der Waals surface area contributed by atoms with Crippen molar-refractivity contribution in [2.24, 2.45) is 0 Å². The van der Waals surface area contributed by atoms with Gasteiger partial charge in [0.15, 0.2) is 0 Å². The summed E-state index contributed by atoms with van der Waals surface area (Å²) in [5, 5.41) is 3.33. The van der Waals surface area contributed by atoms with Gasteiger partial charge in [0.05, 0.1) is 158 Å². The molecule has 1 N–H and O–H groups in total. The molecule has 15 nitrogen and oxygen atoms in total. The maximum Gasteiger partial charge on any atom is 0.305 e. The zero-order chi connectivity index (χ0) is 34.3. The van der Waals surface area contributed by atoms with E-state index >= 15 is 0 Å². The molecule has 0 aliphatic carbocycles. The maximum atomic E-state index is 11.2. The van der Waals surface area contributed by atoms with Crippen LogP contribution in [-0.2, 0) is 66.4 Å². The van der Waals surface area contributed by atoms with Gasteiger partial charge in [0.25, 0.3) is 0 Å². The zero-order valence-electron chi connectivity index (χ0n) is 29.5. The molecule has 286 valence electrons. The number of ether oxygens (including phenoxy) is 13. The largest absolute Gasteiger partial charge is 0.463 e. The molecule has 48 heavy (non-hydrogen) atoms. The number of carbonyl (C=O) groups is 1. The standard InChI is InChI=1S/C33H65NO14/c1-2-3-33(35)48-31-29-46-27-25-44-23-21-42-19-17-40-15-13-38-11-9-36-8-10-37-12-14-39-16-18-41-20-22-43-24-26-45-28-30-47-32-4-6-34-7-5-32/h32,34H,2-31H2,1H3. The molecule has 1 rings (SSSR count). The summed E-state index contributed by atoms with van der Waals surface area (Å²) < 4.78 is 70.9. The van der Waals surface area contributed by atoms with E-state index in [9.17, 15) is 4.79 Å². The molecule has 0 aromatic carbocycles. The van der Waals surface area contributed by atoms with Crippen LogP contribution >= 0.6 is 0 Å². The van der Waals surface area contributed by atoms with Crippen molar-refractivity contribution in [3.63, 3.8) is 0 Å². The molecule has 0 unspecified atom stereocenters. The predicted octanol–water partition coefficient (Wildman–Crippen LogP) is 1.28. The lowest BCUT2D eigenvalue weighted by Gasteiger charge is -2.22. The lowest BCUT2D eigenvalue weighted by atomic mass is 10.1. The second-order valence-corrected chi connectivity index (χ2v) is 10.5. The predicted molar refractivity (Wildman–Crippen MR) is 177 cm³/mol. The molecular weight excluding hydrogens is 634 g/mol. The van der Waals surface area contributed by atoms with Crippen molar-refractivity contribution in [3.8, 4) is 0 Å². The highest BCUT2D eigenvalue weighted by Crippen LogP contribution is 2.06. The quantitative estimate of drug-likeness (QED) is 0.0725. The van der Waals surface area contributed by atoms with Crippen molar-refractivity contribution in [1.29, 1.82) is 0 Å².